The van der Waals surface area contributed by atoms with Crippen LogP contribution in [0.15, 0.2) is 24.4 Å². The lowest BCUT2D eigenvalue weighted by molar-refractivity contribution is 0.268. The predicted octanol–water partition coefficient (Wildman–Crippen LogP) is 2.18. The lowest BCUT2D eigenvalue weighted by Gasteiger charge is -2.30. The van der Waals surface area contributed by atoms with Gasteiger partial charge in [0.2, 0.25) is 0 Å². The van der Waals surface area contributed by atoms with Gasteiger partial charge in [-0.2, -0.15) is 0 Å². The van der Waals surface area contributed by atoms with Gasteiger partial charge in [-0.1, -0.05) is 51.4 Å². The van der Waals surface area contributed by atoms with Crippen LogP contribution in [0, 0.1) is 0 Å². The summed E-state index contributed by atoms with van der Waals surface area (Å²) >= 11 is 0. The molecule has 4 nitrogen and oxygen atoms in total. The molecule has 0 saturated heterocycles. The lowest BCUT2D eigenvalue weighted by atomic mass is 10.2. The van der Waals surface area contributed by atoms with Gasteiger partial charge in [-0.25, -0.2) is 0 Å². The fourth-order valence-corrected chi connectivity index (χ4v) is 4.08. The van der Waals surface area contributed by atoms with E-state index in [2.05, 4.69) is 77.7 Å². The fraction of sp³-hybridized carbons (Fsp3) is 0.750. The Labute approximate surface area is 139 Å². The summed E-state index contributed by atoms with van der Waals surface area (Å²) in [4.78, 5) is 10.0. The summed E-state index contributed by atoms with van der Waals surface area (Å²) in [6, 6.07) is 0.434. The molecule has 0 aliphatic carbocycles. The van der Waals surface area contributed by atoms with Crippen molar-refractivity contribution >= 4 is 16.5 Å². The van der Waals surface area contributed by atoms with Crippen molar-refractivity contribution in [2.75, 3.05) is 32.7 Å². The highest BCUT2D eigenvalue weighted by atomic mass is 28.3. The largest absolute Gasteiger partial charge is 0.383 e. The Morgan fingerprint density at radius 1 is 0.909 bits per heavy atom. The molecule has 0 saturated carbocycles. The molecule has 1 atom stereocenters. The van der Waals surface area contributed by atoms with E-state index in [0.717, 1.165) is 32.7 Å². The van der Waals surface area contributed by atoms with Gasteiger partial charge in [-0.3, -0.25) is 4.90 Å². The number of hydrogen-bond acceptors (Lipinski definition) is 4. The third kappa shape index (κ3) is 10.3. The minimum absolute atomic E-state index is 0.434. The molecule has 1 unspecified atom stereocenters. The normalized spacial score (nSPS) is 18.8. The molecule has 0 aromatic heterocycles. The first-order valence-electron chi connectivity index (χ1n) is 8.47. The van der Waals surface area contributed by atoms with E-state index in [1.807, 2.05) is 6.20 Å². The SMILES string of the molecule is C[Si](C)(C)NCCN(CCN[Si](C)(C)C)CC1C=CC=CN1. The molecule has 3 N–H and O–H groups in total. The van der Waals surface area contributed by atoms with Crippen molar-refractivity contribution in [2.24, 2.45) is 0 Å². The standard InChI is InChI=1S/C16H36N4Si2/c1-21(2,3)18-11-13-20(14-12-19-22(4,5)6)15-16-9-7-8-10-17-16/h7-10,16-19H,11-15H2,1-6H3. The van der Waals surface area contributed by atoms with E-state index in [1.165, 1.54) is 0 Å². The van der Waals surface area contributed by atoms with E-state index >= 15 is 0 Å². The maximum atomic E-state index is 3.73. The zero-order valence-corrected chi connectivity index (χ0v) is 17.4. The third-order valence-electron chi connectivity index (χ3n) is 3.48. The Morgan fingerprint density at radius 2 is 1.45 bits per heavy atom. The molecule has 0 aromatic carbocycles. The average molecular weight is 341 g/mol. The molecule has 1 aliphatic rings. The van der Waals surface area contributed by atoms with E-state index in [0.29, 0.717) is 6.04 Å². The molecule has 1 aliphatic heterocycles. The number of nitrogens with zero attached hydrogens (tertiary/aromatic N) is 1. The van der Waals surface area contributed by atoms with Gasteiger partial charge in [-0.15, -0.1) is 0 Å². The zero-order valence-electron chi connectivity index (χ0n) is 15.4. The Hall–Kier alpha value is -0.406. The van der Waals surface area contributed by atoms with Crippen LogP contribution in [-0.2, 0) is 0 Å². The van der Waals surface area contributed by atoms with Crippen molar-refractivity contribution in [1.29, 1.82) is 0 Å². The number of allylic oxidation sites excluding steroid dienone is 2. The lowest BCUT2D eigenvalue weighted by Crippen LogP contribution is -2.50. The van der Waals surface area contributed by atoms with Crippen LogP contribution in [0.25, 0.3) is 0 Å². The van der Waals surface area contributed by atoms with Crippen LogP contribution in [0.3, 0.4) is 0 Å². The van der Waals surface area contributed by atoms with Crippen LogP contribution in [0.1, 0.15) is 0 Å². The quantitative estimate of drug-likeness (QED) is 0.533. The molecule has 0 bridgehead atoms. The summed E-state index contributed by atoms with van der Waals surface area (Å²) in [5.41, 5.74) is 0. The molecular weight excluding hydrogens is 304 g/mol. The molecule has 0 aromatic rings. The van der Waals surface area contributed by atoms with Crippen LogP contribution in [-0.4, -0.2) is 60.1 Å². The third-order valence-corrected chi connectivity index (χ3v) is 6.10. The highest BCUT2D eigenvalue weighted by molar-refractivity contribution is 6.73. The second kappa shape index (κ2) is 9.03. The van der Waals surface area contributed by atoms with Crippen LogP contribution in [0.2, 0.25) is 39.3 Å². The highest BCUT2D eigenvalue weighted by Crippen LogP contribution is 2.01. The van der Waals surface area contributed by atoms with Gasteiger partial charge in [0.1, 0.15) is 16.5 Å². The van der Waals surface area contributed by atoms with Crippen molar-refractivity contribution in [3.05, 3.63) is 24.4 Å². The number of rotatable bonds is 10. The highest BCUT2D eigenvalue weighted by Gasteiger charge is 2.16. The Bertz CT molecular complexity index is 349. The molecular formula is C16H36N4Si2. The molecule has 0 radical (unpaired) electrons. The van der Waals surface area contributed by atoms with Crippen molar-refractivity contribution in [2.45, 2.75) is 45.3 Å². The molecule has 6 heteroatoms. The van der Waals surface area contributed by atoms with Crippen LogP contribution in [0.4, 0.5) is 0 Å². The maximum Gasteiger partial charge on any atom is 0.116 e. The Morgan fingerprint density at radius 3 is 1.86 bits per heavy atom. The first kappa shape index (κ1) is 19.6. The maximum absolute atomic E-state index is 3.73. The summed E-state index contributed by atoms with van der Waals surface area (Å²) in [6.07, 6.45) is 8.49. The number of dihydropyridines is 1. The van der Waals surface area contributed by atoms with Crippen LogP contribution < -0.4 is 15.3 Å². The van der Waals surface area contributed by atoms with Crippen molar-refractivity contribution in [1.82, 2.24) is 20.2 Å². The Balaban J connectivity index is 2.41. The van der Waals surface area contributed by atoms with Crippen LogP contribution in [0.5, 0.6) is 0 Å². The van der Waals surface area contributed by atoms with Crippen molar-refractivity contribution in [3.63, 3.8) is 0 Å². The number of nitrogens with one attached hydrogen (secondary N) is 3. The van der Waals surface area contributed by atoms with Crippen molar-refractivity contribution in [3.8, 4) is 0 Å². The molecule has 0 spiro atoms. The summed E-state index contributed by atoms with van der Waals surface area (Å²) in [7, 11) is -2.33. The summed E-state index contributed by atoms with van der Waals surface area (Å²) < 4.78 is 0. The van der Waals surface area contributed by atoms with Crippen molar-refractivity contribution < 1.29 is 0 Å². The van der Waals surface area contributed by atoms with Crippen LogP contribution >= 0.6 is 0 Å². The van der Waals surface area contributed by atoms with Gasteiger partial charge in [0.05, 0.1) is 6.04 Å². The molecule has 128 valence electrons. The molecule has 0 amide bonds. The minimum atomic E-state index is -1.16. The van der Waals surface area contributed by atoms with Gasteiger partial charge in [-0.05, 0) is 12.3 Å². The first-order chi connectivity index (χ1) is 10.2. The Kier molecular flexibility index (Phi) is 8.06. The zero-order chi connectivity index (χ0) is 16.6. The van der Waals surface area contributed by atoms with Gasteiger partial charge in [0.15, 0.2) is 0 Å². The number of hydrogen-bond donors (Lipinski definition) is 3. The van der Waals surface area contributed by atoms with Gasteiger partial charge < -0.3 is 15.3 Å². The van der Waals surface area contributed by atoms with Gasteiger partial charge in [0.25, 0.3) is 0 Å². The molecule has 1 rings (SSSR count). The van der Waals surface area contributed by atoms with E-state index in [1.54, 1.807) is 0 Å². The first-order valence-corrected chi connectivity index (χ1v) is 15.5. The summed E-state index contributed by atoms with van der Waals surface area (Å²) in [6.45, 7) is 19.7. The van der Waals surface area contributed by atoms with E-state index in [4.69, 9.17) is 0 Å². The van der Waals surface area contributed by atoms with E-state index < -0.39 is 16.5 Å². The molecule has 1 heterocycles. The second-order valence-corrected chi connectivity index (χ2v) is 17.9. The average Bonchev–Trinajstić information content (AvgIpc) is 2.36. The topological polar surface area (TPSA) is 39.3 Å². The van der Waals surface area contributed by atoms with Gasteiger partial charge >= 0.3 is 0 Å². The summed E-state index contributed by atoms with van der Waals surface area (Å²) in [5.74, 6) is 0. The summed E-state index contributed by atoms with van der Waals surface area (Å²) in [5, 5.41) is 3.43. The minimum Gasteiger partial charge on any atom is -0.383 e. The van der Waals surface area contributed by atoms with E-state index in [9.17, 15) is 0 Å². The van der Waals surface area contributed by atoms with E-state index in [-0.39, 0.29) is 0 Å². The predicted molar refractivity (Wildman–Crippen MR) is 104 cm³/mol. The molecule has 0 fully saturated rings. The molecule has 22 heavy (non-hydrogen) atoms. The fourth-order valence-electron chi connectivity index (χ4n) is 2.35. The van der Waals surface area contributed by atoms with Gasteiger partial charge in [0, 0.05) is 32.7 Å². The second-order valence-electron chi connectivity index (χ2n) is 8.17. The smallest absolute Gasteiger partial charge is 0.116 e. The monoisotopic (exact) mass is 340 g/mol.